The van der Waals surface area contributed by atoms with E-state index in [4.69, 9.17) is 23.2 Å². The van der Waals surface area contributed by atoms with Gasteiger partial charge in [-0.25, -0.2) is 13.1 Å². The molecule has 0 bridgehead atoms. The topological polar surface area (TPSA) is 75.3 Å². The van der Waals surface area contributed by atoms with Crippen molar-refractivity contribution in [2.24, 2.45) is 0 Å². The molecular weight excluding hydrogens is 311 g/mol. The van der Waals surface area contributed by atoms with Crippen molar-refractivity contribution in [2.75, 3.05) is 11.9 Å². The normalized spacial score (nSPS) is 11.6. The summed E-state index contributed by atoms with van der Waals surface area (Å²) in [5, 5.41) is 2.45. The highest BCUT2D eigenvalue weighted by atomic mass is 35.5. The average Bonchev–Trinajstić information content (AvgIpc) is 2.37. The second-order valence-electron chi connectivity index (χ2n) is 3.71. The third-order valence-electron chi connectivity index (χ3n) is 2.17. The lowest BCUT2D eigenvalue weighted by Gasteiger charge is -2.08. The second kappa shape index (κ2) is 7.09. The number of rotatable bonds is 6. The zero-order valence-corrected chi connectivity index (χ0v) is 12.5. The van der Waals surface area contributed by atoms with Gasteiger partial charge in [0.2, 0.25) is 10.0 Å². The molecule has 0 aromatic heterocycles. The predicted molar refractivity (Wildman–Crippen MR) is 76.0 cm³/mol. The van der Waals surface area contributed by atoms with Crippen LogP contribution in [0.25, 0.3) is 0 Å². The van der Waals surface area contributed by atoms with Gasteiger partial charge in [-0.1, -0.05) is 30.1 Å². The van der Waals surface area contributed by atoms with Gasteiger partial charge in [-0.05, 0) is 30.7 Å². The summed E-state index contributed by atoms with van der Waals surface area (Å²) in [5.41, 5.74) is 0.422. The van der Waals surface area contributed by atoms with Crippen LogP contribution in [0.5, 0.6) is 0 Å². The molecule has 1 aromatic carbocycles. The molecule has 0 aliphatic rings. The Morgan fingerprint density at radius 1 is 1.26 bits per heavy atom. The molecule has 8 heteroatoms. The summed E-state index contributed by atoms with van der Waals surface area (Å²) < 4.78 is 26.0. The minimum Gasteiger partial charge on any atom is -0.324 e. The van der Waals surface area contributed by atoms with Gasteiger partial charge in [0.05, 0.1) is 4.90 Å². The Bertz CT molecular complexity index is 529. The molecule has 5 nitrogen and oxygen atoms in total. The third-order valence-corrected chi connectivity index (χ3v) is 4.05. The fraction of sp³-hybridized carbons (Fsp3) is 0.364. The number of carbonyl (C=O) groups excluding carboxylic acids is 1. The van der Waals surface area contributed by atoms with Crippen LogP contribution in [0.3, 0.4) is 0 Å². The molecule has 0 spiro atoms. The van der Waals surface area contributed by atoms with Gasteiger partial charge in [-0.3, -0.25) is 4.79 Å². The van der Waals surface area contributed by atoms with E-state index in [1.165, 1.54) is 24.3 Å². The van der Waals surface area contributed by atoms with Crippen LogP contribution in [0.2, 0.25) is 0 Å². The monoisotopic (exact) mass is 324 g/mol. The molecule has 0 atom stereocenters. The summed E-state index contributed by atoms with van der Waals surface area (Å²) in [6.07, 6.45) is 0.709. The first-order chi connectivity index (χ1) is 8.86. The number of anilines is 1. The molecule has 1 aromatic rings. The molecule has 19 heavy (non-hydrogen) atoms. The molecule has 0 aliphatic heterocycles. The quantitative estimate of drug-likeness (QED) is 0.787. The first-order valence-corrected chi connectivity index (χ1v) is 7.91. The summed E-state index contributed by atoms with van der Waals surface area (Å²) >= 11 is 10.8. The summed E-state index contributed by atoms with van der Waals surface area (Å²) in [5.74, 6) is -0.567. The van der Waals surface area contributed by atoms with Crippen molar-refractivity contribution in [2.45, 2.75) is 23.1 Å². The zero-order chi connectivity index (χ0) is 14.5. The van der Waals surface area contributed by atoms with Crippen molar-refractivity contribution in [1.29, 1.82) is 0 Å². The van der Waals surface area contributed by atoms with Gasteiger partial charge in [0.1, 0.15) is 0 Å². The molecule has 0 aliphatic carbocycles. The van der Waals surface area contributed by atoms with E-state index in [1.807, 2.05) is 6.92 Å². The number of halogens is 2. The fourth-order valence-electron chi connectivity index (χ4n) is 1.23. The van der Waals surface area contributed by atoms with Crippen LogP contribution in [-0.2, 0) is 14.8 Å². The Kier molecular flexibility index (Phi) is 6.06. The fourth-order valence-corrected chi connectivity index (χ4v) is 2.48. The number of nitrogens with one attached hydrogen (secondary N) is 2. The van der Waals surface area contributed by atoms with Crippen LogP contribution in [0, 0.1) is 0 Å². The Balaban J connectivity index is 2.79. The van der Waals surface area contributed by atoms with E-state index in [0.717, 1.165) is 0 Å². The van der Waals surface area contributed by atoms with Crippen LogP contribution in [0.4, 0.5) is 5.69 Å². The number of carbonyl (C=O) groups is 1. The molecule has 0 radical (unpaired) electrons. The summed E-state index contributed by atoms with van der Waals surface area (Å²) in [6.45, 7) is 2.25. The maximum Gasteiger partial charge on any atom is 0.257 e. The molecule has 1 amide bonds. The number of sulfonamides is 1. The van der Waals surface area contributed by atoms with Gasteiger partial charge < -0.3 is 5.32 Å². The van der Waals surface area contributed by atoms with E-state index >= 15 is 0 Å². The van der Waals surface area contributed by atoms with Gasteiger partial charge in [0.25, 0.3) is 5.91 Å². The number of alkyl halides is 2. The number of hydrogen-bond acceptors (Lipinski definition) is 3. The minimum absolute atomic E-state index is 0.132. The van der Waals surface area contributed by atoms with E-state index in [1.54, 1.807) is 0 Å². The lowest BCUT2D eigenvalue weighted by molar-refractivity contribution is -0.114. The zero-order valence-electron chi connectivity index (χ0n) is 10.2. The summed E-state index contributed by atoms with van der Waals surface area (Å²) in [7, 11) is -3.50. The first-order valence-electron chi connectivity index (χ1n) is 5.55. The van der Waals surface area contributed by atoms with Crippen LogP contribution < -0.4 is 10.0 Å². The molecule has 0 saturated carbocycles. The van der Waals surface area contributed by atoms with Crippen molar-refractivity contribution in [3.63, 3.8) is 0 Å². The van der Waals surface area contributed by atoms with Crippen molar-refractivity contribution in [3.8, 4) is 0 Å². The Morgan fingerprint density at radius 2 is 1.84 bits per heavy atom. The summed E-state index contributed by atoms with van der Waals surface area (Å²) in [6, 6.07) is 5.72. The van der Waals surface area contributed by atoms with Crippen molar-refractivity contribution in [3.05, 3.63) is 24.3 Å². The van der Waals surface area contributed by atoms with Gasteiger partial charge in [0, 0.05) is 12.2 Å². The maximum atomic E-state index is 11.8. The minimum atomic E-state index is -3.50. The SMILES string of the molecule is CCCNS(=O)(=O)c1ccc(NC(=O)C(Cl)Cl)cc1. The van der Waals surface area contributed by atoms with Gasteiger partial charge in [0.15, 0.2) is 4.84 Å². The maximum absolute atomic E-state index is 11.8. The molecule has 2 N–H and O–H groups in total. The van der Waals surface area contributed by atoms with Crippen LogP contribution in [0.1, 0.15) is 13.3 Å². The Labute approximate surface area is 122 Å². The Hall–Kier alpha value is -0.820. The van der Waals surface area contributed by atoms with E-state index in [0.29, 0.717) is 18.7 Å². The highest BCUT2D eigenvalue weighted by molar-refractivity contribution is 7.89. The third kappa shape index (κ3) is 4.99. The van der Waals surface area contributed by atoms with Gasteiger partial charge in [-0.2, -0.15) is 0 Å². The smallest absolute Gasteiger partial charge is 0.257 e. The standard InChI is InChI=1S/C11H14Cl2N2O3S/c1-2-7-14-19(17,18)9-5-3-8(4-6-9)15-11(16)10(12)13/h3-6,10,14H,2,7H2,1H3,(H,15,16). The first kappa shape index (κ1) is 16.2. The van der Waals surface area contributed by atoms with Crippen LogP contribution in [0.15, 0.2) is 29.2 Å². The number of benzene rings is 1. The average molecular weight is 325 g/mol. The van der Waals surface area contributed by atoms with Crippen molar-refractivity contribution < 1.29 is 13.2 Å². The highest BCUT2D eigenvalue weighted by Gasteiger charge is 2.14. The number of amides is 1. The highest BCUT2D eigenvalue weighted by Crippen LogP contribution is 2.15. The van der Waals surface area contributed by atoms with Gasteiger partial charge >= 0.3 is 0 Å². The molecular formula is C11H14Cl2N2O3S. The molecule has 1 rings (SSSR count). The van der Waals surface area contributed by atoms with E-state index < -0.39 is 20.8 Å². The Morgan fingerprint density at radius 3 is 2.32 bits per heavy atom. The van der Waals surface area contributed by atoms with Crippen LogP contribution in [-0.4, -0.2) is 25.7 Å². The molecule has 106 valence electrons. The van der Waals surface area contributed by atoms with Gasteiger partial charge in [-0.15, -0.1) is 0 Å². The van der Waals surface area contributed by atoms with E-state index in [9.17, 15) is 13.2 Å². The van der Waals surface area contributed by atoms with E-state index in [2.05, 4.69) is 10.0 Å². The molecule has 0 fully saturated rings. The molecule has 0 saturated heterocycles. The summed E-state index contributed by atoms with van der Waals surface area (Å²) in [4.78, 5) is 10.2. The lowest BCUT2D eigenvalue weighted by Crippen LogP contribution is -2.24. The predicted octanol–water partition coefficient (Wildman–Crippen LogP) is 2.12. The van der Waals surface area contributed by atoms with E-state index in [-0.39, 0.29) is 4.90 Å². The van der Waals surface area contributed by atoms with Crippen molar-refractivity contribution in [1.82, 2.24) is 4.72 Å². The number of hydrogen-bond donors (Lipinski definition) is 2. The van der Waals surface area contributed by atoms with Crippen LogP contribution >= 0.6 is 23.2 Å². The van der Waals surface area contributed by atoms with Crippen molar-refractivity contribution >= 4 is 44.8 Å². The molecule has 0 unspecified atom stereocenters. The lowest BCUT2D eigenvalue weighted by atomic mass is 10.3. The largest absolute Gasteiger partial charge is 0.324 e. The molecule has 0 heterocycles. The second-order valence-corrected chi connectivity index (χ2v) is 6.58.